The maximum Gasteiger partial charge on any atom is 0.152 e. The van der Waals surface area contributed by atoms with Crippen molar-refractivity contribution >= 4 is 11.5 Å². The van der Waals surface area contributed by atoms with Crippen LogP contribution in [-0.4, -0.2) is 43.4 Å². The van der Waals surface area contributed by atoms with Crippen molar-refractivity contribution in [3.63, 3.8) is 0 Å². The number of nitrogens with zero attached hydrogens (tertiary/aromatic N) is 3. The molecule has 23 heavy (non-hydrogen) atoms. The van der Waals surface area contributed by atoms with E-state index >= 15 is 0 Å². The quantitative estimate of drug-likeness (QED) is 0.913. The minimum absolute atomic E-state index is 0.638. The average molecular weight is 314 g/mol. The van der Waals surface area contributed by atoms with Crippen LogP contribution in [0.3, 0.4) is 0 Å². The number of anilines is 2. The van der Waals surface area contributed by atoms with E-state index in [0.29, 0.717) is 6.54 Å². The highest BCUT2D eigenvalue weighted by molar-refractivity contribution is 5.65. The van der Waals surface area contributed by atoms with E-state index < -0.39 is 0 Å². The molecule has 1 N–H and O–H groups in total. The molecule has 0 atom stereocenters. The van der Waals surface area contributed by atoms with Crippen LogP contribution in [-0.2, 0) is 11.3 Å². The fourth-order valence-corrected chi connectivity index (χ4v) is 2.64. The number of morpholine rings is 1. The van der Waals surface area contributed by atoms with E-state index in [0.717, 1.165) is 54.8 Å². The second-order valence-electron chi connectivity index (χ2n) is 5.47. The van der Waals surface area contributed by atoms with Crippen LogP contribution in [0.4, 0.5) is 11.5 Å². The Morgan fingerprint density at radius 3 is 2.91 bits per heavy atom. The second kappa shape index (κ2) is 7.28. The van der Waals surface area contributed by atoms with Gasteiger partial charge in [0.25, 0.3) is 0 Å². The van der Waals surface area contributed by atoms with Gasteiger partial charge < -0.3 is 19.7 Å². The highest BCUT2D eigenvalue weighted by Gasteiger charge is 2.16. The Kier molecular flexibility index (Phi) is 4.92. The standard InChI is InChI=1S/C17H22N4O2/c1-13-10-16(22-2)14(11-19-13)12-20-15-4-3-5-18-17(15)21-6-8-23-9-7-21/h3-5,10-11,20H,6-9,12H2,1-2H3. The summed E-state index contributed by atoms with van der Waals surface area (Å²) in [6, 6.07) is 5.94. The van der Waals surface area contributed by atoms with E-state index in [1.807, 2.05) is 37.5 Å². The molecule has 0 unspecified atom stereocenters. The van der Waals surface area contributed by atoms with Crippen molar-refractivity contribution in [3.05, 3.63) is 41.9 Å². The number of methoxy groups -OCH3 is 1. The van der Waals surface area contributed by atoms with E-state index in [9.17, 15) is 0 Å². The van der Waals surface area contributed by atoms with Gasteiger partial charge in [0, 0.05) is 49.4 Å². The van der Waals surface area contributed by atoms with E-state index in [4.69, 9.17) is 9.47 Å². The van der Waals surface area contributed by atoms with Crippen LogP contribution in [0.1, 0.15) is 11.3 Å². The normalized spacial score (nSPS) is 14.6. The lowest BCUT2D eigenvalue weighted by Gasteiger charge is -2.29. The summed E-state index contributed by atoms with van der Waals surface area (Å²) in [5.74, 6) is 1.82. The number of aromatic nitrogens is 2. The third-order valence-electron chi connectivity index (χ3n) is 3.87. The number of pyridine rings is 2. The van der Waals surface area contributed by atoms with Gasteiger partial charge >= 0.3 is 0 Å². The molecule has 0 spiro atoms. The van der Waals surface area contributed by atoms with Crippen LogP contribution in [0.25, 0.3) is 0 Å². The topological polar surface area (TPSA) is 59.5 Å². The number of aryl methyl sites for hydroxylation is 1. The van der Waals surface area contributed by atoms with Gasteiger partial charge in [-0.1, -0.05) is 0 Å². The summed E-state index contributed by atoms with van der Waals surface area (Å²) in [6.07, 6.45) is 3.68. The Hall–Kier alpha value is -2.34. The highest BCUT2D eigenvalue weighted by atomic mass is 16.5. The molecule has 1 aliphatic heterocycles. The minimum atomic E-state index is 0.638. The SMILES string of the molecule is COc1cc(C)ncc1CNc1cccnc1N1CCOCC1. The van der Waals surface area contributed by atoms with Gasteiger partial charge in [0.1, 0.15) is 5.75 Å². The van der Waals surface area contributed by atoms with Gasteiger partial charge in [-0.3, -0.25) is 4.98 Å². The smallest absolute Gasteiger partial charge is 0.152 e. The van der Waals surface area contributed by atoms with Crippen molar-refractivity contribution in [2.45, 2.75) is 13.5 Å². The maximum atomic E-state index is 5.44. The fourth-order valence-electron chi connectivity index (χ4n) is 2.64. The maximum absolute atomic E-state index is 5.44. The first kappa shape index (κ1) is 15.6. The number of nitrogens with one attached hydrogen (secondary N) is 1. The Labute approximate surface area is 136 Å². The molecule has 6 nitrogen and oxygen atoms in total. The van der Waals surface area contributed by atoms with Gasteiger partial charge in [-0.15, -0.1) is 0 Å². The van der Waals surface area contributed by atoms with Crippen LogP contribution < -0.4 is 15.0 Å². The van der Waals surface area contributed by atoms with Gasteiger partial charge in [0.2, 0.25) is 0 Å². The summed E-state index contributed by atoms with van der Waals surface area (Å²) in [5, 5.41) is 3.46. The fraction of sp³-hybridized carbons (Fsp3) is 0.412. The second-order valence-corrected chi connectivity index (χ2v) is 5.47. The van der Waals surface area contributed by atoms with Crippen LogP contribution in [0, 0.1) is 6.92 Å². The highest BCUT2D eigenvalue weighted by Crippen LogP contribution is 2.25. The summed E-state index contributed by atoms with van der Waals surface area (Å²) in [6.45, 7) is 5.80. The van der Waals surface area contributed by atoms with Gasteiger partial charge in [0.05, 0.1) is 26.0 Å². The van der Waals surface area contributed by atoms with Crippen LogP contribution >= 0.6 is 0 Å². The van der Waals surface area contributed by atoms with Crippen molar-refractivity contribution < 1.29 is 9.47 Å². The predicted molar refractivity (Wildman–Crippen MR) is 90.1 cm³/mol. The molecular formula is C17H22N4O2. The van der Waals surface area contributed by atoms with E-state index in [1.165, 1.54) is 0 Å². The molecule has 0 amide bonds. The molecular weight excluding hydrogens is 292 g/mol. The molecule has 3 rings (SSSR count). The number of hydrogen-bond acceptors (Lipinski definition) is 6. The molecule has 1 saturated heterocycles. The van der Waals surface area contributed by atoms with Crippen LogP contribution in [0.5, 0.6) is 5.75 Å². The first-order valence-corrected chi connectivity index (χ1v) is 7.79. The molecule has 1 aliphatic rings. The number of hydrogen-bond donors (Lipinski definition) is 1. The monoisotopic (exact) mass is 314 g/mol. The van der Waals surface area contributed by atoms with E-state index in [1.54, 1.807) is 7.11 Å². The Morgan fingerprint density at radius 2 is 2.13 bits per heavy atom. The minimum Gasteiger partial charge on any atom is -0.496 e. The Morgan fingerprint density at radius 1 is 1.30 bits per heavy atom. The molecule has 3 heterocycles. The van der Waals surface area contributed by atoms with E-state index in [2.05, 4.69) is 20.2 Å². The number of rotatable bonds is 5. The van der Waals surface area contributed by atoms with Gasteiger partial charge in [-0.2, -0.15) is 0 Å². The van der Waals surface area contributed by atoms with Crippen molar-refractivity contribution in [2.24, 2.45) is 0 Å². The molecule has 1 fully saturated rings. The zero-order chi connectivity index (χ0) is 16.1. The summed E-state index contributed by atoms with van der Waals surface area (Å²) >= 11 is 0. The van der Waals surface area contributed by atoms with Gasteiger partial charge in [0.15, 0.2) is 5.82 Å². The first-order valence-electron chi connectivity index (χ1n) is 7.79. The molecule has 2 aromatic rings. The lowest BCUT2D eigenvalue weighted by Crippen LogP contribution is -2.37. The molecule has 122 valence electrons. The molecule has 0 bridgehead atoms. The largest absolute Gasteiger partial charge is 0.496 e. The van der Waals surface area contributed by atoms with Crippen LogP contribution in [0.15, 0.2) is 30.6 Å². The predicted octanol–water partition coefficient (Wildman–Crippen LogP) is 2.24. The Bertz CT molecular complexity index is 657. The third-order valence-corrected chi connectivity index (χ3v) is 3.87. The Balaban J connectivity index is 1.76. The van der Waals surface area contributed by atoms with Gasteiger partial charge in [-0.25, -0.2) is 4.98 Å². The van der Waals surface area contributed by atoms with Crippen molar-refractivity contribution in [2.75, 3.05) is 43.6 Å². The third kappa shape index (κ3) is 3.71. The average Bonchev–Trinajstić information content (AvgIpc) is 2.61. The molecule has 0 aliphatic carbocycles. The van der Waals surface area contributed by atoms with Crippen molar-refractivity contribution in [1.82, 2.24) is 9.97 Å². The van der Waals surface area contributed by atoms with Crippen LogP contribution in [0.2, 0.25) is 0 Å². The zero-order valence-electron chi connectivity index (χ0n) is 13.6. The van der Waals surface area contributed by atoms with E-state index in [-0.39, 0.29) is 0 Å². The lowest BCUT2D eigenvalue weighted by molar-refractivity contribution is 0.122. The molecule has 0 saturated carbocycles. The summed E-state index contributed by atoms with van der Waals surface area (Å²) in [4.78, 5) is 11.1. The van der Waals surface area contributed by atoms with Crippen molar-refractivity contribution in [1.29, 1.82) is 0 Å². The summed E-state index contributed by atoms with van der Waals surface area (Å²) in [7, 11) is 1.68. The molecule has 0 aromatic carbocycles. The lowest BCUT2D eigenvalue weighted by atomic mass is 10.2. The van der Waals surface area contributed by atoms with Gasteiger partial charge in [-0.05, 0) is 19.1 Å². The summed E-state index contributed by atoms with van der Waals surface area (Å²) in [5.41, 5.74) is 2.98. The summed E-state index contributed by atoms with van der Waals surface area (Å²) < 4.78 is 10.9. The molecule has 0 radical (unpaired) electrons. The van der Waals surface area contributed by atoms with Crippen molar-refractivity contribution in [3.8, 4) is 5.75 Å². The molecule has 6 heteroatoms. The number of ether oxygens (including phenoxy) is 2. The zero-order valence-corrected chi connectivity index (χ0v) is 13.6. The first-order chi connectivity index (χ1) is 11.3. The molecule has 2 aromatic heterocycles.